The molecular weight excluding hydrogens is 389 g/mol. The Bertz CT molecular complexity index is 1000. The summed E-state index contributed by atoms with van der Waals surface area (Å²) < 4.78 is 20.2. The summed E-state index contributed by atoms with van der Waals surface area (Å²) >= 11 is 1.51. The number of benzene rings is 2. The molecule has 1 aliphatic rings. The lowest BCUT2D eigenvalue weighted by Crippen LogP contribution is -3.14. The van der Waals surface area contributed by atoms with Crippen LogP contribution in [0, 0.1) is 5.82 Å². The van der Waals surface area contributed by atoms with Gasteiger partial charge in [-0.15, -0.1) is 0 Å². The van der Waals surface area contributed by atoms with Crippen molar-refractivity contribution in [3.8, 4) is 0 Å². The molecule has 1 saturated heterocycles. The van der Waals surface area contributed by atoms with E-state index in [9.17, 15) is 9.18 Å². The van der Waals surface area contributed by atoms with E-state index in [1.807, 2.05) is 6.07 Å². The molecule has 1 aromatic heterocycles. The molecular formula is C22H25FN3O2S+. The van der Waals surface area contributed by atoms with Crippen LogP contribution in [0.3, 0.4) is 0 Å². The van der Waals surface area contributed by atoms with Gasteiger partial charge in [-0.2, -0.15) is 0 Å². The SMILES string of the molecule is CCc1ccc2nc(N(CC[NH+]3CCOCC3)C(=O)c3cccc(F)c3)sc2c1. The van der Waals surface area contributed by atoms with E-state index in [0.717, 1.165) is 49.5 Å². The summed E-state index contributed by atoms with van der Waals surface area (Å²) in [5.74, 6) is -0.626. The van der Waals surface area contributed by atoms with Crippen LogP contribution in [0.2, 0.25) is 0 Å². The number of carbonyl (C=O) groups is 1. The fraction of sp³-hybridized carbons (Fsp3) is 0.364. The number of ether oxygens (including phenoxy) is 1. The number of aryl methyl sites for hydroxylation is 1. The maximum atomic E-state index is 13.7. The van der Waals surface area contributed by atoms with Gasteiger partial charge in [0.15, 0.2) is 5.13 Å². The van der Waals surface area contributed by atoms with Crippen molar-refractivity contribution in [1.29, 1.82) is 0 Å². The molecule has 7 heteroatoms. The van der Waals surface area contributed by atoms with Gasteiger partial charge in [0.2, 0.25) is 0 Å². The van der Waals surface area contributed by atoms with Gasteiger partial charge in [0.1, 0.15) is 18.9 Å². The Morgan fingerprint density at radius 1 is 1.24 bits per heavy atom. The van der Waals surface area contributed by atoms with Gasteiger partial charge in [0, 0.05) is 5.56 Å². The molecule has 2 aromatic carbocycles. The highest BCUT2D eigenvalue weighted by molar-refractivity contribution is 7.22. The number of fused-ring (bicyclic) bond motifs is 1. The van der Waals surface area contributed by atoms with Crippen molar-refractivity contribution in [2.45, 2.75) is 13.3 Å². The summed E-state index contributed by atoms with van der Waals surface area (Å²) in [5, 5.41) is 0.662. The normalized spacial score (nSPS) is 15.0. The quantitative estimate of drug-likeness (QED) is 0.674. The lowest BCUT2D eigenvalue weighted by molar-refractivity contribution is -0.906. The maximum Gasteiger partial charge on any atom is 0.260 e. The first-order chi connectivity index (χ1) is 14.1. The van der Waals surface area contributed by atoms with E-state index in [1.54, 1.807) is 17.0 Å². The Labute approximate surface area is 173 Å². The first-order valence-corrected chi connectivity index (χ1v) is 10.8. The molecule has 1 fully saturated rings. The maximum absolute atomic E-state index is 13.7. The average Bonchev–Trinajstić information content (AvgIpc) is 3.17. The number of hydrogen-bond acceptors (Lipinski definition) is 4. The zero-order chi connectivity index (χ0) is 20.2. The van der Waals surface area contributed by atoms with Crippen LogP contribution in [-0.2, 0) is 11.2 Å². The van der Waals surface area contributed by atoms with Crippen LogP contribution in [0.4, 0.5) is 9.52 Å². The third-order valence-electron chi connectivity index (χ3n) is 5.29. The van der Waals surface area contributed by atoms with E-state index < -0.39 is 5.82 Å². The average molecular weight is 415 g/mol. The Morgan fingerprint density at radius 3 is 2.83 bits per heavy atom. The van der Waals surface area contributed by atoms with Gasteiger partial charge in [-0.05, 0) is 42.3 Å². The highest BCUT2D eigenvalue weighted by Gasteiger charge is 2.24. The van der Waals surface area contributed by atoms with E-state index in [1.165, 1.54) is 33.9 Å². The zero-order valence-electron chi connectivity index (χ0n) is 16.5. The number of amides is 1. The number of anilines is 1. The lowest BCUT2D eigenvalue weighted by Gasteiger charge is -2.27. The van der Waals surface area contributed by atoms with E-state index in [0.29, 0.717) is 17.2 Å². The van der Waals surface area contributed by atoms with Crippen molar-refractivity contribution < 1.29 is 18.8 Å². The number of aromatic nitrogens is 1. The topological polar surface area (TPSA) is 46.9 Å². The number of nitrogens with zero attached hydrogens (tertiary/aromatic N) is 2. The van der Waals surface area contributed by atoms with Gasteiger partial charge in [-0.1, -0.05) is 30.4 Å². The number of quaternary nitrogens is 1. The Balaban J connectivity index is 1.64. The number of thiazole rings is 1. The van der Waals surface area contributed by atoms with E-state index >= 15 is 0 Å². The monoisotopic (exact) mass is 414 g/mol. The van der Waals surface area contributed by atoms with Crippen LogP contribution >= 0.6 is 11.3 Å². The van der Waals surface area contributed by atoms with Gasteiger partial charge in [0.25, 0.3) is 5.91 Å². The summed E-state index contributed by atoms with van der Waals surface area (Å²) in [5.41, 5.74) is 2.47. The molecule has 0 aliphatic carbocycles. The highest BCUT2D eigenvalue weighted by Crippen LogP contribution is 2.30. The molecule has 0 spiro atoms. The first-order valence-electron chi connectivity index (χ1n) is 10.0. The standard InChI is InChI=1S/C22H24FN3O2S/c1-2-16-6-7-19-20(14-16)29-22(24-19)26(9-8-25-10-12-28-13-11-25)21(27)17-4-3-5-18(23)15-17/h3-7,14-15H,2,8-13H2,1H3/p+1. The van der Waals surface area contributed by atoms with E-state index in [4.69, 9.17) is 9.72 Å². The van der Waals surface area contributed by atoms with E-state index in [-0.39, 0.29) is 5.91 Å². The predicted molar refractivity (Wildman–Crippen MR) is 113 cm³/mol. The second-order valence-electron chi connectivity index (χ2n) is 7.23. The third-order valence-corrected chi connectivity index (χ3v) is 6.33. The smallest absolute Gasteiger partial charge is 0.260 e. The van der Waals surface area contributed by atoms with E-state index in [2.05, 4.69) is 19.1 Å². The van der Waals surface area contributed by atoms with Crippen LogP contribution in [0.25, 0.3) is 10.2 Å². The van der Waals surface area contributed by atoms with Crippen molar-refractivity contribution in [1.82, 2.24) is 4.98 Å². The lowest BCUT2D eigenvalue weighted by atomic mass is 10.2. The molecule has 0 atom stereocenters. The molecule has 1 amide bonds. The molecule has 0 unspecified atom stereocenters. The Kier molecular flexibility index (Phi) is 6.18. The van der Waals surface area contributed by atoms with Crippen molar-refractivity contribution in [3.05, 3.63) is 59.4 Å². The van der Waals surface area contributed by atoms with Gasteiger partial charge in [-0.25, -0.2) is 9.37 Å². The van der Waals surface area contributed by atoms with Crippen LogP contribution in [0.15, 0.2) is 42.5 Å². The van der Waals surface area contributed by atoms with Gasteiger partial charge in [0.05, 0.1) is 36.5 Å². The van der Waals surface area contributed by atoms with Gasteiger partial charge >= 0.3 is 0 Å². The van der Waals surface area contributed by atoms with Crippen molar-refractivity contribution >= 4 is 32.6 Å². The van der Waals surface area contributed by atoms with Crippen molar-refractivity contribution in [2.75, 3.05) is 44.3 Å². The molecule has 5 nitrogen and oxygen atoms in total. The summed E-state index contributed by atoms with van der Waals surface area (Å²) in [6.07, 6.45) is 0.954. The molecule has 4 rings (SSSR count). The summed E-state index contributed by atoms with van der Waals surface area (Å²) in [4.78, 5) is 21.1. The molecule has 3 aromatic rings. The molecule has 0 saturated carbocycles. The highest BCUT2D eigenvalue weighted by atomic mass is 32.1. The largest absolute Gasteiger partial charge is 0.370 e. The third kappa shape index (κ3) is 4.63. The summed E-state index contributed by atoms with van der Waals surface area (Å²) in [6, 6.07) is 12.1. The fourth-order valence-electron chi connectivity index (χ4n) is 3.53. The number of halogens is 1. The summed E-state index contributed by atoms with van der Waals surface area (Å²) in [7, 11) is 0. The number of hydrogen-bond donors (Lipinski definition) is 1. The first kappa shape index (κ1) is 19.9. The Morgan fingerprint density at radius 2 is 2.07 bits per heavy atom. The fourth-order valence-corrected chi connectivity index (χ4v) is 4.59. The molecule has 2 heterocycles. The predicted octanol–water partition coefficient (Wildman–Crippen LogP) is 2.56. The zero-order valence-corrected chi connectivity index (χ0v) is 17.3. The Hall–Kier alpha value is -2.35. The van der Waals surface area contributed by atoms with Crippen molar-refractivity contribution in [2.24, 2.45) is 0 Å². The number of rotatable bonds is 6. The molecule has 0 bridgehead atoms. The molecule has 29 heavy (non-hydrogen) atoms. The van der Waals surface area contributed by atoms with Crippen molar-refractivity contribution in [3.63, 3.8) is 0 Å². The summed E-state index contributed by atoms with van der Waals surface area (Å²) in [6.45, 7) is 6.81. The number of morpholine rings is 1. The minimum atomic E-state index is -0.411. The number of carbonyl (C=O) groups excluding carboxylic acids is 1. The minimum absolute atomic E-state index is 0.216. The molecule has 152 valence electrons. The number of nitrogens with one attached hydrogen (secondary N) is 1. The second kappa shape index (κ2) is 8.98. The molecule has 0 radical (unpaired) electrons. The van der Waals surface area contributed by atoms with Crippen LogP contribution in [0.5, 0.6) is 0 Å². The molecule has 1 aliphatic heterocycles. The van der Waals surface area contributed by atoms with Crippen LogP contribution < -0.4 is 9.80 Å². The van der Waals surface area contributed by atoms with Crippen LogP contribution in [0.1, 0.15) is 22.8 Å². The van der Waals surface area contributed by atoms with Gasteiger partial charge < -0.3 is 9.64 Å². The van der Waals surface area contributed by atoms with Gasteiger partial charge in [-0.3, -0.25) is 9.69 Å². The van der Waals surface area contributed by atoms with Crippen LogP contribution in [-0.4, -0.2) is 50.3 Å². The second-order valence-corrected chi connectivity index (χ2v) is 8.24. The minimum Gasteiger partial charge on any atom is -0.370 e. The molecule has 1 N–H and O–H groups in total.